The maximum absolute atomic E-state index is 12.3. The van der Waals surface area contributed by atoms with Gasteiger partial charge in [0.2, 0.25) is 11.8 Å². The Morgan fingerprint density at radius 3 is 2.77 bits per heavy atom. The van der Waals surface area contributed by atoms with Crippen LogP contribution in [0.15, 0.2) is 11.6 Å². The summed E-state index contributed by atoms with van der Waals surface area (Å²) in [7, 11) is 0. The van der Waals surface area contributed by atoms with E-state index in [0.29, 0.717) is 17.6 Å². The van der Waals surface area contributed by atoms with Crippen molar-refractivity contribution in [3.8, 4) is 0 Å². The van der Waals surface area contributed by atoms with Gasteiger partial charge < -0.3 is 10.2 Å². The monoisotopic (exact) mass is 343 g/mol. The fourth-order valence-electron chi connectivity index (χ4n) is 2.78. The van der Waals surface area contributed by atoms with Crippen molar-refractivity contribution in [2.24, 2.45) is 5.92 Å². The van der Waals surface area contributed by atoms with E-state index in [1.54, 1.807) is 23.4 Å². The first-order valence-electron chi connectivity index (χ1n) is 7.68. The molecule has 0 bridgehead atoms. The highest BCUT2D eigenvalue weighted by Crippen LogP contribution is 2.25. The molecule has 0 aliphatic heterocycles. The van der Waals surface area contributed by atoms with E-state index in [1.165, 1.54) is 30.6 Å². The second-order valence-corrected chi connectivity index (χ2v) is 7.27. The van der Waals surface area contributed by atoms with Gasteiger partial charge in [0.05, 0.1) is 6.54 Å². The Morgan fingerprint density at radius 1 is 1.45 bits per heavy atom. The lowest BCUT2D eigenvalue weighted by atomic mass is 9.89. The summed E-state index contributed by atoms with van der Waals surface area (Å²) in [6.45, 7) is 2.30. The maximum Gasteiger partial charge on any atom is 0.245 e. The maximum atomic E-state index is 12.3. The molecule has 22 heavy (non-hydrogen) atoms. The second-order valence-electron chi connectivity index (χ2n) is 5.72. The molecule has 1 aliphatic rings. The van der Waals surface area contributed by atoms with Gasteiger partial charge in [0, 0.05) is 18.1 Å². The molecule has 0 saturated heterocycles. The van der Waals surface area contributed by atoms with Gasteiger partial charge in [-0.2, -0.15) is 0 Å². The summed E-state index contributed by atoms with van der Waals surface area (Å²) in [6.07, 6.45) is 7.54. The molecule has 1 atom stereocenters. The van der Waals surface area contributed by atoms with Crippen LogP contribution in [-0.2, 0) is 9.59 Å². The van der Waals surface area contributed by atoms with Gasteiger partial charge in [0.15, 0.2) is 5.13 Å². The van der Waals surface area contributed by atoms with E-state index in [0.717, 1.165) is 12.8 Å². The van der Waals surface area contributed by atoms with Crippen LogP contribution in [-0.4, -0.2) is 40.2 Å². The number of anilines is 1. The number of amides is 2. The van der Waals surface area contributed by atoms with Crippen molar-refractivity contribution in [2.75, 3.05) is 18.4 Å². The third kappa shape index (κ3) is 5.25. The van der Waals surface area contributed by atoms with Crippen LogP contribution in [0.3, 0.4) is 0 Å². The van der Waals surface area contributed by atoms with Crippen molar-refractivity contribution >= 4 is 39.9 Å². The average molecular weight is 344 g/mol. The second kappa shape index (κ2) is 8.48. The molecule has 122 valence electrons. The first kappa shape index (κ1) is 17.2. The van der Waals surface area contributed by atoms with Crippen LogP contribution in [0.5, 0.6) is 0 Å². The lowest BCUT2D eigenvalue weighted by Crippen LogP contribution is -2.44. The lowest BCUT2D eigenvalue weighted by Gasteiger charge is -2.30. The number of hydrogen-bond acceptors (Lipinski definition) is 4. The molecule has 1 heterocycles. The molecule has 1 N–H and O–H groups in total. The number of nitrogens with zero attached hydrogens (tertiary/aromatic N) is 2. The first-order chi connectivity index (χ1) is 10.6. The quantitative estimate of drug-likeness (QED) is 0.807. The van der Waals surface area contributed by atoms with Crippen molar-refractivity contribution in [3.05, 3.63) is 11.6 Å². The number of carbonyl (C=O) groups excluding carboxylic acids is 2. The summed E-state index contributed by atoms with van der Waals surface area (Å²) in [6, 6.07) is 0. The minimum atomic E-state index is -0.615. The number of aromatic nitrogens is 1. The summed E-state index contributed by atoms with van der Waals surface area (Å²) >= 11 is 7.29. The smallest absolute Gasteiger partial charge is 0.245 e. The van der Waals surface area contributed by atoms with E-state index in [2.05, 4.69) is 10.3 Å². The zero-order valence-corrected chi connectivity index (χ0v) is 14.3. The van der Waals surface area contributed by atoms with E-state index >= 15 is 0 Å². The summed E-state index contributed by atoms with van der Waals surface area (Å²) in [5, 5.41) is 4.44. The number of hydrogen-bond donors (Lipinski definition) is 1. The molecule has 5 nitrogen and oxygen atoms in total. The molecule has 7 heteroatoms. The van der Waals surface area contributed by atoms with E-state index in [9.17, 15) is 9.59 Å². The van der Waals surface area contributed by atoms with Crippen LogP contribution in [0.1, 0.15) is 39.0 Å². The predicted octanol–water partition coefficient (Wildman–Crippen LogP) is 3.12. The largest absolute Gasteiger partial charge is 0.332 e. The molecule has 0 spiro atoms. The molecule has 1 aromatic rings. The van der Waals surface area contributed by atoms with Crippen LogP contribution >= 0.6 is 22.9 Å². The van der Waals surface area contributed by atoms with Crippen molar-refractivity contribution in [2.45, 2.75) is 44.4 Å². The van der Waals surface area contributed by atoms with E-state index < -0.39 is 5.38 Å². The number of nitrogens with one attached hydrogen (secondary N) is 1. The highest BCUT2D eigenvalue weighted by Gasteiger charge is 2.25. The number of alkyl halides is 1. The SMILES string of the molecule is C[C@H](Cl)C(=O)N(CC(=O)Nc1nccs1)CC1CCCCC1. The van der Waals surface area contributed by atoms with Crippen LogP contribution in [0.25, 0.3) is 0 Å². The normalized spacial score (nSPS) is 17.0. The Morgan fingerprint density at radius 2 is 2.18 bits per heavy atom. The summed E-state index contributed by atoms with van der Waals surface area (Å²) in [5.74, 6) is 0.0683. The number of halogens is 1. The zero-order chi connectivity index (χ0) is 15.9. The number of rotatable bonds is 6. The molecular formula is C15H22ClN3O2S. The highest BCUT2D eigenvalue weighted by atomic mass is 35.5. The van der Waals surface area contributed by atoms with E-state index in [1.807, 2.05) is 0 Å². The lowest BCUT2D eigenvalue weighted by molar-refractivity contribution is -0.134. The van der Waals surface area contributed by atoms with Crippen molar-refractivity contribution < 1.29 is 9.59 Å². The van der Waals surface area contributed by atoms with Crippen molar-refractivity contribution in [3.63, 3.8) is 0 Å². The molecule has 1 aliphatic carbocycles. The zero-order valence-electron chi connectivity index (χ0n) is 12.8. The van der Waals surface area contributed by atoms with Gasteiger partial charge in [-0.3, -0.25) is 9.59 Å². The highest BCUT2D eigenvalue weighted by molar-refractivity contribution is 7.13. The molecule has 0 aromatic carbocycles. The molecule has 1 aromatic heterocycles. The third-order valence-corrected chi connectivity index (χ3v) is 4.74. The predicted molar refractivity (Wildman–Crippen MR) is 89.2 cm³/mol. The van der Waals surface area contributed by atoms with Crippen LogP contribution < -0.4 is 5.32 Å². The topological polar surface area (TPSA) is 62.3 Å². The van der Waals surface area contributed by atoms with Crippen molar-refractivity contribution in [1.82, 2.24) is 9.88 Å². The average Bonchev–Trinajstić information content (AvgIpc) is 2.99. The van der Waals surface area contributed by atoms with Gasteiger partial charge in [0.1, 0.15) is 5.38 Å². The van der Waals surface area contributed by atoms with Gasteiger partial charge >= 0.3 is 0 Å². The van der Waals surface area contributed by atoms with Gasteiger partial charge in [-0.15, -0.1) is 22.9 Å². The van der Waals surface area contributed by atoms with Gasteiger partial charge in [-0.05, 0) is 25.7 Å². The Labute approximate surface area is 140 Å². The summed E-state index contributed by atoms with van der Waals surface area (Å²) < 4.78 is 0. The summed E-state index contributed by atoms with van der Waals surface area (Å²) in [4.78, 5) is 30.0. The standard InChI is InChI=1S/C15H22ClN3O2S/c1-11(16)14(21)19(9-12-5-3-2-4-6-12)10-13(20)18-15-17-7-8-22-15/h7-8,11-12H,2-6,9-10H2,1H3,(H,17,18,20)/t11-/m0/s1. The summed E-state index contributed by atoms with van der Waals surface area (Å²) in [5.41, 5.74) is 0. The Balaban J connectivity index is 1.94. The Bertz CT molecular complexity index is 487. The van der Waals surface area contributed by atoms with Crippen LogP contribution in [0.4, 0.5) is 5.13 Å². The number of thiazole rings is 1. The fourth-order valence-corrected chi connectivity index (χ4v) is 3.47. The Kier molecular flexibility index (Phi) is 6.64. The fraction of sp³-hybridized carbons (Fsp3) is 0.667. The van der Waals surface area contributed by atoms with Gasteiger partial charge in [-0.1, -0.05) is 19.3 Å². The van der Waals surface area contributed by atoms with Crippen LogP contribution in [0, 0.1) is 5.92 Å². The van der Waals surface area contributed by atoms with E-state index in [-0.39, 0.29) is 18.4 Å². The van der Waals surface area contributed by atoms with E-state index in [4.69, 9.17) is 11.6 Å². The van der Waals surface area contributed by atoms with Gasteiger partial charge in [0.25, 0.3) is 0 Å². The molecule has 2 amide bonds. The third-order valence-electron chi connectivity index (χ3n) is 3.87. The molecule has 1 fully saturated rings. The molecule has 1 saturated carbocycles. The first-order valence-corrected chi connectivity index (χ1v) is 9.00. The molecule has 2 rings (SSSR count). The molecule has 0 unspecified atom stereocenters. The van der Waals surface area contributed by atoms with Crippen LogP contribution in [0.2, 0.25) is 0 Å². The molecule has 0 radical (unpaired) electrons. The van der Waals surface area contributed by atoms with Crippen molar-refractivity contribution in [1.29, 1.82) is 0 Å². The minimum absolute atomic E-state index is 0.0337. The minimum Gasteiger partial charge on any atom is -0.332 e. The molecular weight excluding hydrogens is 322 g/mol. The number of carbonyl (C=O) groups is 2. The Hall–Kier alpha value is -1.14. The van der Waals surface area contributed by atoms with Gasteiger partial charge in [-0.25, -0.2) is 4.98 Å².